The van der Waals surface area contributed by atoms with Crippen molar-refractivity contribution in [3.05, 3.63) is 65.0 Å². The number of carbonyl (C=O) groups is 2. The molecule has 0 atom stereocenters. The van der Waals surface area contributed by atoms with E-state index in [-0.39, 0.29) is 17.9 Å². The molecule has 2 amide bonds. The molecule has 1 aromatic heterocycles. The van der Waals surface area contributed by atoms with Crippen molar-refractivity contribution < 1.29 is 9.59 Å². The Labute approximate surface area is 159 Å². The van der Waals surface area contributed by atoms with Crippen molar-refractivity contribution in [3.8, 4) is 0 Å². The lowest BCUT2D eigenvalue weighted by Crippen LogP contribution is -2.35. The number of aromatic nitrogens is 1. The summed E-state index contributed by atoms with van der Waals surface area (Å²) in [5.41, 5.74) is 2.99. The van der Waals surface area contributed by atoms with Gasteiger partial charge in [-0.25, -0.2) is 0 Å². The summed E-state index contributed by atoms with van der Waals surface area (Å²) in [6.07, 6.45) is 10.4. The summed E-state index contributed by atoms with van der Waals surface area (Å²) in [6, 6.07) is 9.65. The Balaban J connectivity index is 1.51. The van der Waals surface area contributed by atoms with Gasteiger partial charge >= 0.3 is 0 Å². The summed E-state index contributed by atoms with van der Waals surface area (Å²) in [5, 5.41) is 3.17. The zero-order valence-corrected chi connectivity index (χ0v) is 15.5. The first kappa shape index (κ1) is 17.7. The first-order valence-electron chi connectivity index (χ1n) is 9.83. The van der Waals surface area contributed by atoms with E-state index in [0.717, 1.165) is 36.8 Å². The molecule has 1 N–H and O–H groups in total. The molecule has 0 saturated heterocycles. The molecule has 1 aliphatic carbocycles. The molecule has 2 aliphatic rings. The number of rotatable bonds is 4. The van der Waals surface area contributed by atoms with Crippen LogP contribution in [-0.2, 0) is 13.1 Å². The number of nitrogens with one attached hydrogen (secondary N) is 1. The Morgan fingerprint density at radius 2 is 1.93 bits per heavy atom. The van der Waals surface area contributed by atoms with E-state index < -0.39 is 0 Å². The van der Waals surface area contributed by atoms with E-state index in [0.29, 0.717) is 24.2 Å². The lowest BCUT2D eigenvalue weighted by atomic mass is 10.0. The van der Waals surface area contributed by atoms with Crippen LogP contribution < -0.4 is 5.32 Å². The third-order valence-corrected chi connectivity index (χ3v) is 5.54. The molecule has 0 bridgehead atoms. The average molecular weight is 363 g/mol. The highest BCUT2D eigenvalue weighted by atomic mass is 16.2. The molecule has 27 heavy (non-hydrogen) atoms. The van der Waals surface area contributed by atoms with Crippen LogP contribution in [0.1, 0.15) is 70.4 Å². The van der Waals surface area contributed by atoms with Crippen molar-refractivity contribution in [1.82, 2.24) is 15.2 Å². The van der Waals surface area contributed by atoms with E-state index >= 15 is 0 Å². The second-order valence-corrected chi connectivity index (χ2v) is 7.52. The van der Waals surface area contributed by atoms with E-state index in [9.17, 15) is 9.59 Å². The van der Waals surface area contributed by atoms with Gasteiger partial charge < -0.3 is 10.2 Å². The van der Waals surface area contributed by atoms with Gasteiger partial charge in [-0.15, -0.1) is 0 Å². The minimum absolute atomic E-state index is 0.0690. The summed E-state index contributed by atoms with van der Waals surface area (Å²) in [5.74, 6) is -0.184. The van der Waals surface area contributed by atoms with Gasteiger partial charge in [-0.3, -0.25) is 14.6 Å². The molecule has 1 aromatic carbocycles. The molecule has 1 fully saturated rings. The van der Waals surface area contributed by atoms with Crippen LogP contribution in [0, 0.1) is 0 Å². The summed E-state index contributed by atoms with van der Waals surface area (Å²) in [4.78, 5) is 31.8. The topological polar surface area (TPSA) is 62.3 Å². The van der Waals surface area contributed by atoms with Crippen LogP contribution >= 0.6 is 0 Å². The summed E-state index contributed by atoms with van der Waals surface area (Å²) in [7, 11) is 0. The molecule has 1 saturated carbocycles. The number of hydrogen-bond acceptors (Lipinski definition) is 3. The van der Waals surface area contributed by atoms with Crippen LogP contribution in [0.15, 0.2) is 42.7 Å². The highest BCUT2D eigenvalue weighted by molar-refractivity contribution is 6.09. The normalized spacial score (nSPS) is 17.5. The summed E-state index contributed by atoms with van der Waals surface area (Å²) < 4.78 is 0. The minimum atomic E-state index is -0.115. The first-order valence-corrected chi connectivity index (χ1v) is 9.83. The number of carbonyl (C=O) groups excluding carboxylic acids is 2. The molecule has 2 heterocycles. The Morgan fingerprint density at radius 1 is 1.11 bits per heavy atom. The predicted molar refractivity (Wildman–Crippen MR) is 103 cm³/mol. The Kier molecular flexibility index (Phi) is 5.19. The van der Waals surface area contributed by atoms with Crippen molar-refractivity contribution >= 4 is 11.8 Å². The Hall–Kier alpha value is -2.69. The van der Waals surface area contributed by atoms with Crippen molar-refractivity contribution in [3.63, 3.8) is 0 Å². The number of fused-ring (bicyclic) bond motifs is 1. The number of hydrogen-bond donors (Lipinski definition) is 1. The molecule has 140 valence electrons. The molecule has 5 nitrogen and oxygen atoms in total. The molecule has 1 aliphatic heterocycles. The van der Waals surface area contributed by atoms with Gasteiger partial charge in [0.25, 0.3) is 11.8 Å². The predicted octanol–water partition coefficient (Wildman–Crippen LogP) is 3.69. The zero-order valence-electron chi connectivity index (χ0n) is 15.5. The number of benzene rings is 1. The van der Waals surface area contributed by atoms with Crippen LogP contribution in [-0.4, -0.2) is 27.7 Å². The fourth-order valence-corrected chi connectivity index (χ4v) is 4.14. The van der Waals surface area contributed by atoms with Gasteiger partial charge in [-0.1, -0.05) is 43.9 Å². The second kappa shape index (κ2) is 7.91. The largest absolute Gasteiger partial charge is 0.349 e. The Bertz CT molecular complexity index is 827. The quantitative estimate of drug-likeness (QED) is 0.843. The highest BCUT2D eigenvalue weighted by Crippen LogP contribution is 2.28. The van der Waals surface area contributed by atoms with Gasteiger partial charge in [-0.05, 0) is 36.1 Å². The van der Waals surface area contributed by atoms with Crippen LogP contribution in [0.5, 0.6) is 0 Å². The maximum absolute atomic E-state index is 13.0. The zero-order chi connectivity index (χ0) is 18.6. The fourth-order valence-electron chi connectivity index (χ4n) is 4.14. The minimum Gasteiger partial charge on any atom is -0.349 e. The molecular formula is C22H25N3O2. The maximum atomic E-state index is 13.0. The van der Waals surface area contributed by atoms with Crippen molar-refractivity contribution in [2.24, 2.45) is 0 Å². The van der Waals surface area contributed by atoms with Gasteiger partial charge in [-0.2, -0.15) is 0 Å². The summed E-state index contributed by atoms with van der Waals surface area (Å²) in [6.45, 7) is 1.04. The number of amides is 2. The van der Waals surface area contributed by atoms with Gasteiger partial charge in [0.15, 0.2) is 0 Å². The average Bonchev–Trinajstić information content (AvgIpc) is 2.86. The van der Waals surface area contributed by atoms with Crippen molar-refractivity contribution in [2.75, 3.05) is 0 Å². The molecule has 2 aromatic rings. The smallest absolute Gasteiger partial charge is 0.255 e. The highest BCUT2D eigenvalue weighted by Gasteiger charge is 2.32. The fraction of sp³-hybridized carbons (Fsp3) is 0.409. The third-order valence-electron chi connectivity index (χ3n) is 5.54. The summed E-state index contributed by atoms with van der Waals surface area (Å²) >= 11 is 0. The standard InChI is InChI=1S/C22H25N3O2/c26-21(24-18-9-3-1-2-4-10-18)19-11-5-8-17-15-25(22(27)20(17)19)14-16-7-6-12-23-13-16/h5-8,11-13,18H,1-4,9-10,14-15H2,(H,24,26). The monoisotopic (exact) mass is 363 g/mol. The van der Waals surface area contributed by atoms with Gasteiger partial charge in [0, 0.05) is 31.5 Å². The molecule has 0 spiro atoms. The van der Waals surface area contributed by atoms with Crippen molar-refractivity contribution in [2.45, 2.75) is 57.7 Å². The number of nitrogens with zero attached hydrogens (tertiary/aromatic N) is 2. The van der Waals surface area contributed by atoms with Crippen LogP contribution in [0.4, 0.5) is 0 Å². The maximum Gasteiger partial charge on any atom is 0.255 e. The van der Waals surface area contributed by atoms with Gasteiger partial charge in [0.1, 0.15) is 0 Å². The first-order chi connectivity index (χ1) is 13.2. The SMILES string of the molecule is O=C(NC1CCCCCC1)c1cccc2c1C(=O)N(Cc1cccnc1)C2. The van der Waals surface area contributed by atoms with E-state index in [4.69, 9.17) is 0 Å². The lowest BCUT2D eigenvalue weighted by molar-refractivity contribution is 0.0760. The molecule has 0 radical (unpaired) electrons. The van der Waals surface area contributed by atoms with Gasteiger partial charge in [0.2, 0.25) is 0 Å². The van der Waals surface area contributed by atoms with Crippen molar-refractivity contribution in [1.29, 1.82) is 0 Å². The second-order valence-electron chi connectivity index (χ2n) is 7.52. The number of pyridine rings is 1. The molecule has 4 rings (SSSR count). The van der Waals surface area contributed by atoms with E-state index in [1.54, 1.807) is 23.4 Å². The third kappa shape index (κ3) is 3.87. The van der Waals surface area contributed by atoms with Crippen LogP contribution in [0.3, 0.4) is 0 Å². The molecule has 5 heteroatoms. The van der Waals surface area contributed by atoms with Gasteiger partial charge in [0.05, 0.1) is 11.1 Å². The molecular weight excluding hydrogens is 338 g/mol. The van der Waals surface area contributed by atoms with Crippen LogP contribution in [0.2, 0.25) is 0 Å². The van der Waals surface area contributed by atoms with E-state index in [1.807, 2.05) is 24.3 Å². The Morgan fingerprint density at radius 3 is 2.67 bits per heavy atom. The molecule has 0 unspecified atom stereocenters. The van der Waals surface area contributed by atoms with E-state index in [2.05, 4.69) is 10.3 Å². The van der Waals surface area contributed by atoms with E-state index in [1.165, 1.54) is 12.8 Å². The van der Waals surface area contributed by atoms with Crippen LogP contribution in [0.25, 0.3) is 0 Å². The lowest BCUT2D eigenvalue weighted by Gasteiger charge is -2.17.